The molecule has 79 valence electrons. The quantitative estimate of drug-likeness (QED) is 0.627. The first kappa shape index (κ1) is 12.9. The van der Waals surface area contributed by atoms with Crippen LogP contribution >= 0.6 is 0 Å². The van der Waals surface area contributed by atoms with Gasteiger partial charge in [0.25, 0.3) is 5.92 Å². The molecule has 0 aromatic heterocycles. The maximum absolute atomic E-state index is 12.6. The van der Waals surface area contributed by atoms with E-state index in [0.29, 0.717) is 0 Å². The van der Waals surface area contributed by atoms with E-state index >= 15 is 0 Å². The van der Waals surface area contributed by atoms with E-state index in [2.05, 4.69) is 13.3 Å². The third kappa shape index (κ3) is 4.60. The first-order valence-electron chi connectivity index (χ1n) is 3.53. The minimum absolute atomic E-state index is 0.773. The number of hydrogen-bond acceptors (Lipinski definition) is 3. The summed E-state index contributed by atoms with van der Waals surface area (Å²) < 4.78 is 51.1. The van der Waals surface area contributed by atoms with Crippen LogP contribution in [0, 0.1) is 0 Å². The van der Waals surface area contributed by atoms with Crippen LogP contribution in [0.25, 0.3) is 0 Å². The van der Waals surface area contributed by atoms with Gasteiger partial charge in [0.1, 0.15) is 6.61 Å². The summed E-state index contributed by atoms with van der Waals surface area (Å²) in [5.41, 5.74) is 0. The molecule has 0 bridgehead atoms. The van der Waals surface area contributed by atoms with Crippen molar-refractivity contribution in [3.8, 4) is 0 Å². The third-order valence-electron chi connectivity index (χ3n) is 1.30. The molecule has 0 rings (SSSR count). The van der Waals surface area contributed by atoms with Gasteiger partial charge in [-0.2, -0.15) is 0 Å². The van der Waals surface area contributed by atoms with Gasteiger partial charge in [-0.05, 0) is 6.92 Å². The van der Waals surface area contributed by atoms with Crippen molar-refractivity contribution in [3.63, 3.8) is 0 Å². The molecule has 0 aromatic carbocycles. The molecular weight excluding hydrogens is 205 g/mol. The van der Waals surface area contributed by atoms with Crippen molar-refractivity contribution >= 4 is 9.53 Å². The molecule has 13 heavy (non-hydrogen) atoms. The largest absolute Gasteiger partial charge is 0.577 e. The van der Waals surface area contributed by atoms with Crippen LogP contribution in [0.15, 0.2) is 0 Å². The number of hydrogen-bond donors (Lipinski definition) is 0. The molecular formula is C6H12F3O3Si. The van der Waals surface area contributed by atoms with Gasteiger partial charge in [0.15, 0.2) is 6.17 Å². The van der Waals surface area contributed by atoms with Crippen LogP contribution in [0.4, 0.5) is 13.2 Å². The highest BCUT2D eigenvalue weighted by Crippen LogP contribution is 2.21. The van der Waals surface area contributed by atoms with E-state index in [1.807, 2.05) is 0 Å². The summed E-state index contributed by atoms with van der Waals surface area (Å²) >= 11 is 0. The Morgan fingerprint density at radius 2 is 1.77 bits per heavy atom. The minimum atomic E-state index is -3.49. The second-order valence-corrected chi connectivity index (χ2v) is 3.93. The Morgan fingerprint density at radius 1 is 1.31 bits per heavy atom. The van der Waals surface area contributed by atoms with Crippen molar-refractivity contribution in [1.82, 2.24) is 0 Å². The molecule has 1 unspecified atom stereocenters. The van der Waals surface area contributed by atoms with Crippen LogP contribution in [0.3, 0.4) is 0 Å². The van der Waals surface area contributed by atoms with E-state index in [4.69, 9.17) is 0 Å². The van der Waals surface area contributed by atoms with Crippen LogP contribution < -0.4 is 0 Å². The van der Waals surface area contributed by atoms with Gasteiger partial charge in [0.05, 0.1) is 0 Å². The number of rotatable bonds is 6. The lowest BCUT2D eigenvalue weighted by Gasteiger charge is -2.18. The van der Waals surface area contributed by atoms with E-state index in [-0.39, 0.29) is 0 Å². The highest BCUT2D eigenvalue weighted by Gasteiger charge is 2.38. The molecule has 1 atom stereocenters. The molecule has 0 saturated heterocycles. The van der Waals surface area contributed by atoms with Crippen LogP contribution in [-0.4, -0.2) is 42.4 Å². The number of halogens is 3. The summed E-state index contributed by atoms with van der Waals surface area (Å²) in [5, 5.41) is 0. The van der Waals surface area contributed by atoms with E-state index in [1.165, 1.54) is 14.2 Å². The maximum Gasteiger partial charge on any atom is 0.577 e. The van der Waals surface area contributed by atoms with Crippen molar-refractivity contribution in [2.75, 3.05) is 20.8 Å². The predicted octanol–water partition coefficient (Wildman–Crippen LogP) is 1.27. The van der Waals surface area contributed by atoms with Crippen molar-refractivity contribution in [3.05, 3.63) is 0 Å². The topological polar surface area (TPSA) is 27.7 Å². The zero-order chi connectivity index (χ0) is 10.5. The number of alkyl halides is 3. The van der Waals surface area contributed by atoms with Gasteiger partial charge in [-0.15, -0.1) is 0 Å². The van der Waals surface area contributed by atoms with Gasteiger partial charge in [-0.25, -0.2) is 13.2 Å². The second-order valence-electron chi connectivity index (χ2n) is 2.32. The Bertz CT molecular complexity index is 141. The molecule has 3 nitrogen and oxygen atoms in total. The average molecular weight is 217 g/mol. The summed E-state index contributed by atoms with van der Waals surface area (Å²) in [6.45, 7) is -0.254. The molecule has 0 aliphatic rings. The smallest absolute Gasteiger partial charge is 0.375 e. The first-order chi connectivity index (χ1) is 5.94. The van der Waals surface area contributed by atoms with E-state index in [9.17, 15) is 13.2 Å². The van der Waals surface area contributed by atoms with E-state index < -0.39 is 28.2 Å². The zero-order valence-corrected chi connectivity index (χ0v) is 8.64. The van der Waals surface area contributed by atoms with Gasteiger partial charge < -0.3 is 13.3 Å². The molecule has 0 N–H and O–H groups in total. The van der Waals surface area contributed by atoms with Gasteiger partial charge in [-0.1, -0.05) is 0 Å². The standard InChI is InChI=1S/C6H12F3O3Si/c1-5(7)6(8,9)4-12-13(10-2)11-3/h5H,4H2,1-3H3. The molecule has 0 spiro atoms. The van der Waals surface area contributed by atoms with Crippen LogP contribution in [0.1, 0.15) is 6.92 Å². The Hall–Kier alpha value is -0.113. The summed E-state index contributed by atoms with van der Waals surface area (Å²) in [7, 11) is 0.409. The fourth-order valence-electron chi connectivity index (χ4n) is 0.471. The molecule has 0 aliphatic heterocycles. The lowest BCUT2D eigenvalue weighted by molar-refractivity contribution is -0.104. The van der Waals surface area contributed by atoms with Crippen molar-refractivity contribution in [1.29, 1.82) is 0 Å². The molecule has 0 aromatic rings. The SMILES string of the molecule is CO[Si](OC)OCC(F)(F)C(C)F. The van der Waals surface area contributed by atoms with Crippen molar-refractivity contribution in [2.45, 2.75) is 19.0 Å². The van der Waals surface area contributed by atoms with Gasteiger partial charge in [-0.3, -0.25) is 0 Å². The third-order valence-corrected chi connectivity index (χ3v) is 2.34. The van der Waals surface area contributed by atoms with Crippen LogP contribution in [0.5, 0.6) is 0 Å². The highest BCUT2D eigenvalue weighted by atomic mass is 28.3. The Balaban J connectivity index is 3.85. The summed E-state index contributed by atoms with van der Waals surface area (Å²) in [6, 6.07) is 0. The van der Waals surface area contributed by atoms with Crippen LogP contribution in [-0.2, 0) is 13.3 Å². The summed E-state index contributed by atoms with van der Waals surface area (Å²) in [6.07, 6.45) is -2.25. The van der Waals surface area contributed by atoms with Gasteiger partial charge in [0.2, 0.25) is 0 Å². The Morgan fingerprint density at radius 3 is 2.08 bits per heavy atom. The lowest BCUT2D eigenvalue weighted by atomic mass is 10.2. The predicted molar refractivity (Wildman–Crippen MR) is 41.2 cm³/mol. The Labute approximate surface area is 76.7 Å². The fourth-order valence-corrected chi connectivity index (χ4v) is 1.18. The van der Waals surface area contributed by atoms with Gasteiger partial charge in [0, 0.05) is 14.2 Å². The molecule has 0 fully saturated rings. The highest BCUT2D eigenvalue weighted by molar-refractivity contribution is 6.36. The molecule has 0 aliphatic carbocycles. The first-order valence-corrected chi connectivity index (χ1v) is 4.76. The lowest BCUT2D eigenvalue weighted by Crippen LogP contribution is -2.37. The fraction of sp³-hybridized carbons (Fsp3) is 1.00. The molecule has 0 heterocycles. The van der Waals surface area contributed by atoms with Crippen LogP contribution in [0.2, 0.25) is 0 Å². The van der Waals surface area contributed by atoms with Crippen molar-refractivity contribution < 1.29 is 26.4 Å². The zero-order valence-electron chi connectivity index (χ0n) is 7.64. The summed E-state index contributed by atoms with van der Waals surface area (Å²) in [5.74, 6) is -3.49. The molecule has 7 heteroatoms. The monoisotopic (exact) mass is 217 g/mol. The van der Waals surface area contributed by atoms with Gasteiger partial charge >= 0.3 is 9.53 Å². The normalized spacial score (nSPS) is 15.0. The Kier molecular flexibility index (Phi) is 5.53. The summed E-state index contributed by atoms with van der Waals surface area (Å²) in [4.78, 5) is 0. The second kappa shape index (κ2) is 5.58. The van der Waals surface area contributed by atoms with E-state index in [1.54, 1.807) is 0 Å². The van der Waals surface area contributed by atoms with Crippen molar-refractivity contribution in [2.24, 2.45) is 0 Å². The minimum Gasteiger partial charge on any atom is -0.375 e. The molecule has 0 amide bonds. The van der Waals surface area contributed by atoms with E-state index in [0.717, 1.165) is 6.92 Å². The maximum atomic E-state index is 12.6. The molecule has 0 saturated carbocycles. The average Bonchev–Trinajstić information content (AvgIpc) is 2.06. The molecule has 1 radical (unpaired) electrons.